The molecule has 182 valence electrons. The Labute approximate surface area is 206 Å². The fourth-order valence-corrected chi connectivity index (χ4v) is 5.09. The van der Waals surface area contributed by atoms with Crippen molar-refractivity contribution in [1.29, 1.82) is 0 Å². The molecule has 1 fully saturated rings. The summed E-state index contributed by atoms with van der Waals surface area (Å²) in [6, 6.07) is 6.11. The molecule has 3 N–H and O–H groups in total. The second-order valence-corrected chi connectivity index (χ2v) is 10.3. The third-order valence-electron chi connectivity index (χ3n) is 6.65. The SMILES string of the molecule is Cc1nc(N)c2c(n1)OC(C)(C)C(c1ccc(C3CCC(CNC(=O)N(C)C)CC3)c(Cl)c1)=N2. The summed E-state index contributed by atoms with van der Waals surface area (Å²) in [7, 11) is 3.51. The first-order valence-corrected chi connectivity index (χ1v) is 12.1. The van der Waals surface area contributed by atoms with Crippen LogP contribution in [0.5, 0.6) is 5.88 Å². The van der Waals surface area contributed by atoms with E-state index in [-0.39, 0.29) is 6.03 Å². The zero-order chi connectivity index (χ0) is 24.6. The number of nitrogens with two attached hydrogens (primary N) is 1. The summed E-state index contributed by atoms with van der Waals surface area (Å²) in [4.78, 5) is 26.7. The number of fused-ring (bicyclic) bond motifs is 1. The topological polar surface area (TPSA) is 106 Å². The lowest BCUT2D eigenvalue weighted by Crippen LogP contribution is -2.41. The van der Waals surface area contributed by atoms with Crippen LogP contribution in [0, 0.1) is 12.8 Å². The van der Waals surface area contributed by atoms with Crippen molar-refractivity contribution in [2.75, 3.05) is 26.4 Å². The Morgan fingerprint density at radius 2 is 1.94 bits per heavy atom. The monoisotopic (exact) mass is 484 g/mol. The number of aromatic nitrogens is 2. The minimum absolute atomic E-state index is 0.0376. The molecule has 1 aromatic carbocycles. The number of aryl methyl sites for hydroxylation is 1. The van der Waals surface area contributed by atoms with Crippen molar-refractivity contribution in [3.63, 3.8) is 0 Å². The Morgan fingerprint density at radius 1 is 1.24 bits per heavy atom. The van der Waals surface area contributed by atoms with Crippen molar-refractivity contribution in [2.45, 2.75) is 58.0 Å². The number of hydrogen-bond acceptors (Lipinski definition) is 6. The number of carbonyl (C=O) groups excluding carboxylic acids is 1. The minimum Gasteiger partial charge on any atom is -0.463 e. The van der Waals surface area contributed by atoms with E-state index < -0.39 is 5.60 Å². The number of ether oxygens (including phenoxy) is 1. The molecule has 0 atom stereocenters. The standard InChI is InChI=1S/C25H33ClN6O2/c1-14-29-22(27)20-23(30-14)34-25(2,3)21(31-20)17-10-11-18(19(26)12-17)16-8-6-15(7-9-16)13-28-24(33)32(4)5/h10-12,15-16H,6-9,13H2,1-5H3,(H,28,33)(H2,27,29,30). The fourth-order valence-electron chi connectivity index (χ4n) is 4.76. The lowest BCUT2D eigenvalue weighted by molar-refractivity contribution is 0.171. The first kappa shape index (κ1) is 24.3. The van der Waals surface area contributed by atoms with E-state index in [0.29, 0.717) is 35.0 Å². The van der Waals surface area contributed by atoms with Crippen molar-refractivity contribution in [2.24, 2.45) is 10.9 Å². The van der Waals surface area contributed by atoms with E-state index in [4.69, 9.17) is 27.1 Å². The van der Waals surface area contributed by atoms with Gasteiger partial charge in [0.15, 0.2) is 11.5 Å². The Hall–Kier alpha value is -2.87. The molecule has 2 amide bonds. The number of nitrogens with one attached hydrogen (secondary N) is 1. The van der Waals surface area contributed by atoms with Gasteiger partial charge in [0, 0.05) is 31.2 Å². The van der Waals surface area contributed by atoms with E-state index in [9.17, 15) is 4.79 Å². The van der Waals surface area contributed by atoms with Gasteiger partial charge in [-0.15, -0.1) is 0 Å². The number of carbonyl (C=O) groups is 1. The maximum absolute atomic E-state index is 11.8. The fraction of sp³-hybridized carbons (Fsp3) is 0.520. The van der Waals surface area contributed by atoms with Gasteiger partial charge in [0.2, 0.25) is 5.88 Å². The molecule has 1 aromatic heterocycles. The van der Waals surface area contributed by atoms with Gasteiger partial charge in [0.1, 0.15) is 11.4 Å². The van der Waals surface area contributed by atoms with Crippen LogP contribution in [0.15, 0.2) is 23.2 Å². The van der Waals surface area contributed by atoms with Crippen molar-refractivity contribution in [3.8, 4) is 5.88 Å². The van der Waals surface area contributed by atoms with Crippen LogP contribution in [0.1, 0.15) is 62.4 Å². The smallest absolute Gasteiger partial charge is 0.316 e. The summed E-state index contributed by atoms with van der Waals surface area (Å²) < 4.78 is 6.16. The molecule has 1 saturated carbocycles. The lowest BCUT2D eigenvalue weighted by Gasteiger charge is -2.33. The summed E-state index contributed by atoms with van der Waals surface area (Å²) in [6.45, 7) is 6.42. The van der Waals surface area contributed by atoms with Gasteiger partial charge in [-0.25, -0.2) is 14.8 Å². The third-order valence-corrected chi connectivity index (χ3v) is 6.97. The molecule has 2 aromatic rings. The summed E-state index contributed by atoms with van der Waals surface area (Å²) in [5, 5.41) is 3.74. The summed E-state index contributed by atoms with van der Waals surface area (Å²) >= 11 is 6.79. The predicted octanol–water partition coefficient (Wildman–Crippen LogP) is 4.86. The van der Waals surface area contributed by atoms with Gasteiger partial charge >= 0.3 is 6.03 Å². The highest BCUT2D eigenvalue weighted by Crippen LogP contribution is 2.42. The highest BCUT2D eigenvalue weighted by atomic mass is 35.5. The Morgan fingerprint density at radius 3 is 2.59 bits per heavy atom. The molecule has 4 rings (SSSR count). The molecule has 9 heteroatoms. The normalized spacial score (nSPS) is 21.2. The average Bonchev–Trinajstić information content (AvgIpc) is 2.76. The lowest BCUT2D eigenvalue weighted by atomic mass is 9.78. The number of rotatable bonds is 4. The first-order chi connectivity index (χ1) is 16.0. The number of amides is 2. The number of anilines is 1. The number of nitrogens with zero attached hydrogens (tertiary/aromatic N) is 4. The average molecular weight is 485 g/mol. The summed E-state index contributed by atoms with van der Waals surface area (Å²) in [6.07, 6.45) is 4.24. The Kier molecular flexibility index (Phi) is 6.71. The van der Waals surface area contributed by atoms with E-state index in [2.05, 4.69) is 27.4 Å². The second kappa shape index (κ2) is 9.41. The molecule has 0 saturated heterocycles. The van der Waals surface area contributed by atoms with Crippen LogP contribution in [0.2, 0.25) is 5.02 Å². The molecule has 2 aliphatic rings. The van der Waals surface area contributed by atoms with Gasteiger partial charge in [0.05, 0.1) is 5.71 Å². The van der Waals surface area contributed by atoms with Gasteiger partial charge in [-0.3, -0.25) is 0 Å². The van der Waals surface area contributed by atoms with E-state index >= 15 is 0 Å². The number of benzene rings is 1. The van der Waals surface area contributed by atoms with E-state index in [0.717, 1.165) is 54.1 Å². The van der Waals surface area contributed by atoms with Crippen LogP contribution in [-0.2, 0) is 0 Å². The van der Waals surface area contributed by atoms with Gasteiger partial charge in [-0.05, 0) is 69.9 Å². The van der Waals surface area contributed by atoms with E-state index in [1.54, 1.807) is 25.9 Å². The van der Waals surface area contributed by atoms with Crippen LogP contribution in [0.25, 0.3) is 0 Å². The van der Waals surface area contributed by atoms with Crippen molar-refractivity contribution in [1.82, 2.24) is 20.2 Å². The van der Waals surface area contributed by atoms with Crippen LogP contribution in [-0.4, -0.2) is 52.9 Å². The van der Waals surface area contributed by atoms with Gasteiger partial charge < -0.3 is 20.7 Å². The molecule has 1 aliphatic heterocycles. The minimum atomic E-state index is -0.694. The zero-order valence-corrected chi connectivity index (χ0v) is 21.2. The summed E-state index contributed by atoms with van der Waals surface area (Å²) in [5.74, 6) is 2.17. The van der Waals surface area contributed by atoms with Crippen LogP contribution >= 0.6 is 11.6 Å². The van der Waals surface area contributed by atoms with Gasteiger partial charge in [-0.2, -0.15) is 4.98 Å². The maximum Gasteiger partial charge on any atom is 0.316 e. The number of nitrogen functional groups attached to an aromatic ring is 1. The van der Waals surface area contributed by atoms with E-state index in [1.165, 1.54) is 0 Å². The quantitative estimate of drug-likeness (QED) is 0.644. The zero-order valence-electron chi connectivity index (χ0n) is 20.5. The number of urea groups is 1. The second-order valence-electron chi connectivity index (χ2n) is 9.92. The molecule has 34 heavy (non-hydrogen) atoms. The van der Waals surface area contributed by atoms with Crippen molar-refractivity contribution in [3.05, 3.63) is 40.2 Å². The highest BCUT2D eigenvalue weighted by molar-refractivity contribution is 6.32. The molecule has 8 nitrogen and oxygen atoms in total. The molecule has 1 aliphatic carbocycles. The number of aliphatic imine (C=N–C) groups is 1. The third kappa shape index (κ3) is 4.97. The first-order valence-electron chi connectivity index (χ1n) is 11.7. The van der Waals surface area contributed by atoms with E-state index in [1.807, 2.05) is 19.9 Å². The van der Waals surface area contributed by atoms with Crippen LogP contribution in [0.4, 0.5) is 16.3 Å². The van der Waals surface area contributed by atoms with Crippen molar-refractivity contribution >= 4 is 34.8 Å². The number of halogens is 1. The predicted molar refractivity (Wildman–Crippen MR) is 135 cm³/mol. The maximum atomic E-state index is 11.8. The van der Waals surface area contributed by atoms with Crippen LogP contribution < -0.4 is 15.8 Å². The van der Waals surface area contributed by atoms with Gasteiger partial charge in [-0.1, -0.05) is 23.7 Å². The number of hydrogen-bond donors (Lipinski definition) is 2. The van der Waals surface area contributed by atoms with Crippen molar-refractivity contribution < 1.29 is 9.53 Å². The summed E-state index contributed by atoms with van der Waals surface area (Å²) in [5.41, 5.74) is 8.66. The molecule has 0 unspecified atom stereocenters. The molecular formula is C25H33ClN6O2. The van der Waals surface area contributed by atoms with Crippen LogP contribution in [0.3, 0.4) is 0 Å². The molecule has 0 radical (unpaired) electrons. The molecule has 2 heterocycles. The molecule has 0 spiro atoms. The Bertz CT molecular complexity index is 1120. The Balaban J connectivity index is 1.49. The molecule has 0 bridgehead atoms. The highest BCUT2D eigenvalue weighted by Gasteiger charge is 2.36. The largest absolute Gasteiger partial charge is 0.463 e. The molecular weight excluding hydrogens is 452 g/mol. The van der Waals surface area contributed by atoms with Gasteiger partial charge in [0.25, 0.3) is 0 Å².